The quantitative estimate of drug-likeness (QED) is 0.842. The normalized spacial score (nSPS) is 24.0. The molecule has 2 aromatic heterocycles. The SMILES string of the molecule is C[C@H]1[C@@H](NC(=O)COC(=O)Cc2cn3ccsc3n2)CCC[C@@H]1C. The van der Waals surface area contributed by atoms with Gasteiger partial charge in [-0.05, 0) is 18.3 Å². The first-order valence-electron chi connectivity index (χ1n) is 8.39. The van der Waals surface area contributed by atoms with Crippen LogP contribution in [0.4, 0.5) is 0 Å². The van der Waals surface area contributed by atoms with Crippen LogP contribution in [0.1, 0.15) is 38.8 Å². The highest BCUT2D eigenvalue weighted by Gasteiger charge is 2.28. The van der Waals surface area contributed by atoms with Gasteiger partial charge in [-0.25, -0.2) is 4.98 Å². The van der Waals surface area contributed by atoms with Crippen LogP contribution in [0.15, 0.2) is 17.8 Å². The second kappa shape index (κ2) is 7.34. The van der Waals surface area contributed by atoms with Crippen molar-refractivity contribution in [3.05, 3.63) is 23.5 Å². The fourth-order valence-electron chi connectivity index (χ4n) is 3.24. The van der Waals surface area contributed by atoms with Crippen molar-refractivity contribution in [1.82, 2.24) is 14.7 Å². The molecule has 1 aliphatic carbocycles. The van der Waals surface area contributed by atoms with Crippen molar-refractivity contribution in [2.24, 2.45) is 11.8 Å². The fourth-order valence-corrected chi connectivity index (χ4v) is 3.96. The molecule has 130 valence electrons. The van der Waals surface area contributed by atoms with Crippen molar-refractivity contribution < 1.29 is 14.3 Å². The monoisotopic (exact) mass is 349 g/mol. The number of nitrogens with zero attached hydrogens (tertiary/aromatic N) is 2. The molecule has 1 aliphatic rings. The maximum absolute atomic E-state index is 12.0. The lowest BCUT2D eigenvalue weighted by atomic mass is 9.78. The van der Waals surface area contributed by atoms with Crippen LogP contribution in [0.2, 0.25) is 0 Å². The lowest BCUT2D eigenvalue weighted by Gasteiger charge is -2.34. The number of fused-ring (bicyclic) bond motifs is 1. The summed E-state index contributed by atoms with van der Waals surface area (Å²) < 4.78 is 6.95. The number of carbonyl (C=O) groups is 2. The third-order valence-electron chi connectivity index (χ3n) is 4.89. The first kappa shape index (κ1) is 17.0. The second-order valence-corrected chi connectivity index (χ2v) is 7.48. The molecular formula is C17H23N3O3S. The smallest absolute Gasteiger partial charge is 0.312 e. The number of hydrogen-bond donors (Lipinski definition) is 1. The molecule has 2 aromatic rings. The van der Waals surface area contributed by atoms with E-state index in [1.807, 2.05) is 16.0 Å². The number of carbonyl (C=O) groups excluding carboxylic acids is 2. The Hall–Kier alpha value is -1.89. The van der Waals surface area contributed by atoms with Gasteiger partial charge < -0.3 is 10.1 Å². The molecule has 1 saturated carbocycles. The summed E-state index contributed by atoms with van der Waals surface area (Å²) in [4.78, 5) is 29.1. The van der Waals surface area contributed by atoms with Gasteiger partial charge in [-0.1, -0.05) is 26.7 Å². The molecule has 6 nitrogen and oxygen atoms in total. The van der Waals surface area contributed by atoms with Crippen LogP contribution in [0, 0.1) is 11.8 Å². The van der Waals surface area contributed by atoms with Crippen molar-refractivity contribution in [2.45, 2.75) is 45.6 Å². The Morgan fingerprint density at radius 2 is 2.25 bits per heavy atom. The molecule has 24 heavy (non-hydrogen) atoms. The summed E-state index contributed by atoms with van der Waals surface area (Å²) in [5, 5.41) is 4.93. The van der Waals surface area contributed by atoms with Crippen molar-refractivity contribution in [1.29, 1.82) is 0 Å². The Morgan fingerprint density at radius 3 is 3.04 bits per heavy atom. The van der Waals surface area contributed by atoms with Gasteiger partial charge in [0.25, 0.3) is 5.91 Å². The van der Waals surface area contributed by atoms with E-state index in [0.717, 1.165) is 17.8 Å². The first-order valence-corrected chi connectivity index (χ1v) is 9.27. The van der Waals surface area contributed by atoms with Crippen molar-refractivity contribution in [3.63, 3.8) is 0 Å². The summed E-state index contributed by atoms with van der Waals surface area (Å²) >= 11 is 1.51. The third kappa shape index (κ3) is 3.95. The van der Waals surface area contributed by atoms with Gasteiger partial charge in [0.15, 0.2) is 11.6 Å². The zero-order chi connectivity index (χ0) is 17.1. The van der Waals surface area contributed by atoms with Crippen LogP contribution in [0.5, 0.6) is 0 Å². The molecule has 1 N–H and O–H groups in total. The highest BCUT2D eigenvalue weighted by Crippen LogP contribution is 2.29. The van der Waals surface area contributed by atoms with Gasteiger partial charge in [-0.3, -0.25) is 14.0 Å². The minimum Gasteiger partial charge on any atom is -0.455 e. The second-order valence-electron chi connectivity index (χ2n) is 6.60. The van der Waals surface area contributed by atoms with Gasteiger partial charge in [0.2, 0.25) is 0 Å². The lowest BCUT2D eigenvalue weighted by Crippen LogP contribution is -2.45. The number of amides is 1. The number of hydrogen-bond acceptors (Lipinski definition) is 5. The molecule has 2 heterocycles. The van der Waals surface area contributed by atoms with E-state index in [2.05, 4.69) is 24.1 Å². The average Bonchev–Trinajstić information content (AvgIpc) is 3.11. The maximum atomic E-state index is 12.0. The molecule has 0 spiro atoms. The molecule has 3 atom stereocenters. The predicted octanol–water partition coefficient (Wildman–Crippen LogP) is 2.42. The van der Waals surface area contributed by atoms with E-state index in [1.165, 1.54) is 17.8 Å². The highest BCUT2D eigenvalue weighted by atomic mass is 32.1. The molecule has 0 aromatic carbocycles. The molecule has 1 amide bonds. The van der Waals surface area contributed by atoms with E-state index >= 15 is 0 Å². The molecule has 0 bridgehead atoms. The molecule has 0 saturated heterocycles. The summed E-state index contributed by atoms with van der Waals surface area (Å²) in [6.45, 7) is 4.17. The van der Waals surface area contributed by atoms with E-state index < -0.39 is 5.97 Å². The van der Waals surface area contributed by atoms with Gasteiger partial charge in [0.05, 0.1) is 12.1 Å². The number of esters is 1. The highest BCUT2D eigenvalue weighted by molar-refractivity contribution is 7.15. The summed E-state index contributed by atoms with van der Waals surface area (Å²) in [7, 11) is 0. The molecular weight excluding hydrogens is 326 g/mol. The van der Waals surface area contributed by atoms with Crippen LogP contribution in [-0.4, -0.2) is 33.9 Å². The standard InChI is InChI=1S/C17H23N3O3S/c1-11-4-3-5-14(12(11)2)19-15(21)10-23-16(22)8-13-9-20-6-7-24-17(20)18-13/h6-7,9,11-12,14H,3-5,8,10H2,1-2H3,(H,19,21)/t11-,12+,14-/m0/s1. The maximum Gasteiger partial charge on any atom is 0.312 e. The number of imidazole rings is 1. The summed E-state index contributed by atoms with van der Waals surface area (Å²) in [6, 6.07) is 0.180. The Morgan fingerprint density at radius 1 is 1.42 bits per heavy atom. The molecule has 7 heteroatoms. The number of aromatic nitrogens is 2. The van der Waals surface area contributed by atoms with Crippen LogP contribution in [-0.2, 0) is 20.7 Å². The van der Waals surface area contributed by atoms with Crippen molar-refractivity contribution in [3.8, 4) is 0 Å². The van der Waals surface area contributed by atoms with Gasteiger partial charge >= 0.3 is 5.97 Å². The van der Waals surface area contributed by atoms with E-state index in [9.17, 15) is 9.59 Å². The zero-order valence-electron chi connectivity index (χ0n) is 14.0. The van der Waals surface area contributed by atoms with Crippen LogP contribution >= 0.6 is 11.3 Å². The Labute approximate surface area is 145 Å². The molecule has 3 rings (SSSR count). The van der Waals surface area contributed by atoms with Gasteiger partial charge in [0, 0.05) is 23.8 Å². The largest absolute Gasteiger partial charge is 0.455 e. The average molecular weight is 349 g/mol. The van der Waals surface area contributed by atoms with E-state index in [-0.39, 0.29) is 25.0 Å². The van der Waals surface area contributed by atoms with Gasteiger partial charge in [-0.15, -0.1) is 11.3 Å². The summed E-state index contributed by atoms with van der Waals surface area (Å²) in [6.07, 6.45) is 7.12. The van der Waals surface area contributed by atoms with E-state index in [4.69, 9.17) is 4.74 Å². The minimum atomic E-state index is -0.430. The predicted molar refractivity (Wildman–Crippen MR) is 91.8 cm³/mol. The van der Waals surface area contributed by atoms with Gasteiger partial charge in [0.1, 0.15) is 0 Å². The lowest BCUT2D eigenvalue weighted by molar-refractivity contribution is -0.148. The Bertz CT molecular complexity index is 695. The molecule has 0 unspecified atom stereocenters. The van der Waals surface area contributed by atoms with Crippen molar-refractivity contribution >= 4 is 28.2 Å². The first-order chi connectivity index (χ1) is 11.5. The number of rotatable bonds is 5. The molecule has 0 radical (unpaired) electrons. The molecule has 0 aliphatic heterocycles. The van der Waals surface area contributed by atoms with Crippen LogP contribution in [0.25, 0.3) is 4.96 Å². The summed E-state index contributed by atoms with van der Waals surface area (Å²) in [5.41, 5.74) is 0.655. The fraction of sp³-hybridized carbons (Fsp3) is 0.588. The molecule has 1 fully saturated rings. The summed E-state index contributed by atoms with van der Waals surface area (Å²) in [5.74, 6) is 0.416. The van der Waals surface area contributed by atoms with Crippen LogP contribution in [0.3, 0.4) is 0 Å². The van der Waals surface area contributed by atoms with E-state index in [1.54, 1.807) is 6.20 Å². The Balaban J connectivity index is 1.43. The Kier molecular flexibility index (Phi) is 5.18. The van der Waals surface area contributed by atoms with E-state index in [0.29, 0.717) is 17.5 Å². The topological polar surface area (TPSA) is 72.7 Å². The number of ether oxygens (including phenoxy) is 1. The number of nitrogens with one attached hydrogen (secondary N) is 1. The number of thiazole rings is 1. The zero-order valence-corrected chi connectivity index (χ0v) is 14.8. The van der Waals surface area contributed by atoms with Crippen LogP contribution < -0.4 is 5.32 Å². The minimum absolute atomic E-state index is 0.0819. The van der Waals surface area contributed by atoms with Gasteiger partial charge in [-0.2, -0.15) is 0 Å². The van der Waals surface area contributed by atoms with Crippen molar-refractivity contribution in [2.75, 3.05) is 6.61 Å². The third-order valence-corrected chi connectivity index (χ3v) is 5.66.